The van der Waals surface area contributed by atoms with Gasteiger partial charge in [0.1, 0.15) is 17.3 Å². The molecule has 0 atom stereocenters. The van der Waals surface area contributed by atoms with Crippen molar-refractivity contribution in [2.45, 2.75) is 6.54 Å². The smallest absolute Gasteiger partial charge is 0.379 e. The zero-order valence-electron chi connectivity index (χ0n) is 18.9. The summed E-state index contributed by atoms with van der Waals surface area (Å²) < 4.78 is 10.9. The highest BCUT2D eigenvalue weighted by Gasteiger charge is 2.15. The maximum atomic E-state index is 12.5. The number of amidine groups is 1. The third-order valence-corrected chi connectivity index (χ3v) is 5.21. The minimum absolute atomic E-state index is 0.0131. The molecule has 1 heterocycles. The van der Waals surface area contributed by atoms with E-state index < -0.39 is 11.9 Å². The first-order chi connectivity index (χ1) is 17.3. The third-order valence-electron chi connectivity index (χ3n) is 5.21. The average Bonchev–Trinajstić information content (AvgIpc) is 3.35. The van der Waals surface area contributed by atoms with Gasteiger partial charge in [-0.3, -0.25) is 10.2 Å². The second-order valence-electron chi connectivity index (χ2n) is 7.77. The summed E-state index contributed by atoms with van der Waals surface area (Å²) in [4.78, 5) is 35.5. The van der Waals surface area contributed by atoms with Crippen molar-refractivity contribution < 1.29 is 28.6 Å². The lowest BCUT2D eigenvalue weighted by Crippen LogP contribution is -2.22. The molecular weight excluding hydrogens is 462 g/mol. The first-order valence-electron chi connectivity index (χ1n) is 10.8. The minimum atomic E-state index is -1.06. The van der Waals surface area contributed by atoms with Gasteiger partial charge in [-0.25, -0.2) is 9.59 Å². The van der Waals surface area contributed by atoms with Crippen molar-refractivity contribution in [3.8, 4) is 5.75 Å². The molecule has 0 saturated carbocycles. The number of aliphatic carboxylic acids is 1. The molecule has 4 aromatic rings. The van der Waals surface area contributed by atoms with Crippen LogP contribution < -0.4 is 15.8 Å². The van der Waals surface area contributed by atoms with E-state index in [1.165, 1.54) is 12.1 Å². The molecule has 4 rings (SSSR count). The number of furan rings is 1. The molecule has 180 valence electrons. The number of carboxylic acid groups (broad SMARTS) is 1. The molecule has 1 amide bonds. The van der Waals surface area contributed by atoms with Gasteiger partial charge >= 0.3 is 11.9 Å². The monoisotopic (exact) mass is 483 g/mol. The number of fused-ring (bicyclic) bond motifs is 1. The number of nitrogens with two attached hydrogens (primary N) is 1. The van der Waals surface area contributed by atoms with Crippen LogP contribution in [0.3, 0.4) is 0 Å². The van der Waals surface area contributed by atoms with Crippen LogP contribution in [0.1, 0.15) is 37.8 Å². The van der Waals surface area contributed by atoms with Crippen molar-refractivity contribution in [3.05, 3.63) is 107 Å². The van der Waals surface area contributed by atoms with Gasteiger partial charge in [0.05, 0.1) is 6.54 Å². The summed E-state index contributed by atoms with van der Waals surface area (Å²) in [6.07, 6.45) is 2.44. The fourth-order valence-electron chi connectivity index (χ4n) is 3.38. The van der Waals surface area contributed by atoms with Crippen LogP contribution in [0.5, 0.6) is 5.75 Å². The Bertz CT molecular complexity index is 1500. The predicted octanol–water partition coefficient (Wildman–Crippen LogP) is 3.96. The number of amides is 1. The van der Waals surface area contributed by atoms with Crippen LogP contribution in [0, 0.1) is 5.41 Å². The lowest BCUT2D eigenvalue weighted by Gasteiger charge is -2.06. The Kier molecular flexibility index (Phi) is 6.92. The Morgan fingerprint density at radius 1 is 0.944 bits per heavy atom. The summed E-state index contributed by atoms with van der Waals surface area (Å²) in [6.45, 7) is 0.0568. The van der Waals surface area contributed by atoms with Gasteiger partial charge in [0.25, 0.3) is 5.91 Å². The summed E-state index contributed by atoms with van der Waals surface area (Å²) in [5, 5.41) is 20.6. The van der Waals surface area contributed by atoms with Crippen LogP contribution in [0.4, 0.5) is 0 Å². The van der Waals surface area contributed by atoms with Crippen molar-refractivity contribution in [2.75, 3.05) is 0 Å². The summed E-state index contributed by atoms with van der Waals surface area (Å²) in [5.74, 6) is -1.44. The Morgan fingerprint density at radius 3 is 2.36 bits per heavy atom. The number of nitrogen functional groups attached to an aromatic ring is 1. The fraction of sp³-hybridized carbons (Fsp3) is 0.0370. The molecule has 5 N–H and O–H groups in total. The molecule has 1 aromatic heterocycles. The SMILES string of the molecule is N=C(N)c1ccc2cc(OC(=O)c3ccc(CNC(=O)c4ccc(C=CC(=O)O)cc4)o3)ccc2c1. The lowest BCUT2D eigenvalue weighted by molar-refractivity contribution is -0.131. The number of nitrogens with one attached hydrogen (secondary N) is 2. The topological polar surface area (TPSA) is 156 Å². The number of hydrogen-bond donors (Lipinski definition) is 4. The molecule has 0 aliphatic carbocycles. The van der Waals surface area contributed by atoms with Crippen LogP contribution in [-0.4, -0.2) is 28.8 Å². The van der Waals surface area contributed by atoms with Crippen LogP contribution >= 0.6 is 0 Å². The van der Waals surface area contributed by atoms with E-state index in [1.807, 2.05) is 0 Å². The minimum Gasteiger partial charge on any atom is -0.478 e. The van der Waals surface area contributed by atoms with E-state index in [4.69, 9.17) is 25.4 Å². The van der Waals surface area contributed by atoms with E-state index in [9.17, 15) is 14.4 Å². The van der Waals surface area contributed by atoms with Crippen LogP contribution in [0.2, 0.25) is 0 Å². The standard InChI is InChI=1S/C27H21N3O6/c28-25(29)20-7-6-19-14-21(9-8-18(19)13-20)36-27(34)23-11-10-22(35-23)15-30-26(33)17-4-1-16(2-5-17)3-12-24(31)32/h1-14H,15H2,(H3,28,29)(H,30,33)(H,31,32). The van der Waals surface area contributed by atoms with Crippen molar-refractivity contribution >= 4 is 40.5 Å². The summed E-state index contributed by atoms with van der Waals surface area (Å²) in [6, 6.07) is 19.8. The van der Waals surface area contributed by atoms with E-state index in [2.05, 4.69) is 5.32 Å². The van der Waals surface area contributed by atoms with E-state index in [0.717, 1.165) is 16.8 Å². The number of carboxylic acids is 1. The highest BCUT2D eigenvalue weighted by Crippen LogP contribution is 2.23. The highest BCUT2D eigenvalue weighted by molar-refractivity contribution is 5.99. The zero-order chi connectivity index (χ0) is 25.7. The van der Waals surface area contributed by atoms with Gasteiger partial charge < -0.3 is 25.3 Å². The number of rotatable bonds is 8. The zero-order valence-corrected chi connectivity index (χ0v) is 18.9. The molecular formula is C27H21N3O6. The van der Waals surface area contributed by atoms with E-state index in [1.54, 1.807) is 66.7 Å². The molecule has 0 radical (unpaired) electrons. The highest BCUT2D eigenvalue weighted by atomic mass is 16.5. The Hall–Kier alpha value is -5.18. The maximum Gasteiger partial charge on any atom is 0.379 e. The number of ether oxygens (including phenoxy) is 1. The van der Waals surface area contributed by atoms with Crippen molar-refractivity contribution in [1.29, 1.82) is 5.41 Å². The molecule has 0 spiro atoms. The Balaban J connectivity index is 1.34. The number of hydrogen-bond acceptors (Lipinski definition) is 6. The molecule has 9 heteroatoms. The molecule has 3 aromatic carbocycles. The molecule has 0 aliphatic heterocycles. The van der Waals surface area contributed by atoms with Crippen LogP contribution in [0.25, 0.3) is 16.8 Å². The summed E-state index contributed by atoms with van der Waals surface area (Å²) in [7, 11) is 0. The van der Waals surface area contributed by atoms with Gasteiger partial charge in [0.15, 0.2) is 0 Å². The predicted molar refractivity (Wildman–Crippen MR) is 133 cm³/mol. The van der Waals surface area contributed by atoms with Crippen molar-refractivity contribution in [2.24, 2.45) is 5.73 Å². The Morgan fingerprint density at radius 2 is 1.64 bits per heavy atom. The van der Waals surface area contributed by atoms with Crippen LogP contribution in [-0.2, 0) is 11.3 Å². The normalized spacial score (nSPS) is 10.9. The van der Waals surface area contributed by atoms with Gasteiger partial charge in [-0.05, 0) is 64.9 Å². The average molecular weight is 483 g/mol. The third kappa shape index (κ3) is 5.84. The van der Waals surface area contributed by atoms with Crippen molar-refractivity contribution in [3.63, 3.8) is 0 Å². The van der Waals surface area contributed by atoms with Crippen LogP contribution in [0.15, 0.2) is 83.3 Å². The van der Waals surface area contributed by atoms with Gasteiger partial charge in [-0.15, -0.1) is 0 Å². The first-order valence-corrected chi connectivity index (χ1v) is 10.8. The van der Waals surface area contributed by atoms with Gasteiger partial charge in [0.2, 0.25) is 5.76 Å². The van der Waals surface area contributed by atoms with Crippen molar-refractivity contribution in [1.82, 2.24) is 5.32 Å². The molecule has 0 saturated heterocycles. The van der Waals surface area contributed by atoms with Gasteiger partial charge in [-0.2, -0.15) is 0 Å². The largest absolute Gasteiger partial charge is 0.478 e. The quantitative estimate of drug-likeness (QED) is 0.0971. The molecule has 9 nitrogen and oxygen atoms in total. The van der Waals surface area contributed by atoms with Gasteiger partial charge in [-0.1, -0.05) is 30.3 Å². The molecule has 0 unspecified atom stereocenters. The first kappa shape index (κ1) is 24.0. The number of carbonyl (C=O) groups excluding carboxylic acids is 2. The maximum absolute atomic E-state index is 12.5. The fourth-order valence-corrected chi connectivity index (χ4v) is 3.38. The lowest BCUT2D eigenvalue weighted by atomic mass is 10.1. The van der Waals surface area contributed by atoms with E-state index in [-0.39, 0.29) is 24.0 Å². The number of carbonyl (C=O) groups is 3. The second kappa shape index (κ2) is 10.4. The Labute approximate surface area is 205 Å². The number of benzene rings is 3. The molecule has 0 fully saturated rings. The molecule has 0 aliphatic rings. The molecule has 0 bridgehead atoms. The second-order valence-corrected chi connectivity index (χ2v) is 7.77. The van der Waals surface area contributed by atoms with E-state index >= 15 is 0 Å². The number of esters is 1. The summed E-state index contributed by atoms with van der Waals surface area (Å²) >= 11 is 0. The summed E-state index contributed by atoms with van der Waals surface area (Å²) in [5.41, 5.74) is 7.16. The van der Waals surface area contributed by atoms with Gasteiger partial charge in [0, 0.05) is 17.2 Å². The van der Waals surface area contributed by atoms with E-state index in [0.29, 0.717) is 28.2 Å². The molecule has 36 heavy (non-hydrogen) atoms.